The molecule has 0 spiro atoms. The maximum atomic E-state index is 12.7. The molecule has 0 aliphatic rings. The molecule has 0 aliphatic carbocycles. The van der Waals surface area contributed by atoms with Crippen molar-refractivity contribution in [2.24, 2.45) is 0 Å². The van der Waals surface area contributed by atoms with Crippen molar-refractivity contribution in [1.29, 1.82) is 0 Å². The SMILES string of the molecule is O=C(CSc1ccccc1)OCC(F)(F)S(=O)(=O)O. The minimum atomic E-state index is -5.58. The lowest BCUT2D eigenvalue weighted by Gasteiger charge is -2.12. The first-order valence-corrected chi connectivity index (χ1v) is 7.33. The van der Waals surface area contributed by atoms with Crippen LogP contribution in [0.3, 0.4) is 0 Å². The fraction of sp³-hybridized carbons (Fsp3) is 0.300. The maximum absolute atomic E-state index is 12.7. The summed E-state index contributed by atoms with van der Waals surface area (Å²) < 4.78 is 58.3. The van der Waals surface area contributed by atoms with Gasteiger partial charge in [-0.05, 0) is 12.1 Å². The number of hydrogen-bond donors (Lipinski definition) is 1. The second-order valence-corrected chi connectivity index (χ2v) is 5.97. The van der Waals surface area contributed by atoms with Gasteiger partial charge in [-0.25, -0.2) is 0 Å². The van der Waals surface area contributed by atoms with Crippen LogP contribution in [0, 0.1) is 0 Å². The first-order chi connectivity index (χ1) is 8.72. The van der Waals surface area contributed by atoms with Crippen LogP contribution < -0.4 is 0 Å². The largest absolute Gasteiger partial charge is 0.457 e. The Morgan fingerprint density at radius 3 is 2.42 bits per heavy atom. The fourth-order valence-electron chi connectivity index (χ4n) is 0.940. The van der Waals surface area contributed by atoms with Crippen molar-refractivity contribution in [3.05, 3.63) is 30.3 Å². The van der Waals surface area contributed by atoms with Gasteiger partial charge in [0.1, 0.15) is 0 Å². The van der Waals surface area contributed by atoms with Crippen molar-refractivity contribution >= 4 is 27.8 Å². The molecule has 1 aromatic carbocycles. The lowest BCUT2D eigenvalue weighted by molar-refractivity contribution is -0.146. The third kappa shape index (κ3) is 5.13. The highest BCUT2D eigenvalue weighted by Gasteiger charge is 2.45. The van der Waals surface area contributed by atoms with Crippen molar-refractivity contribution < 1.29 is 31.3 Å². The van der Waals surface area contributed by atoms with Crippen LogP contribution in [0.15, 0.2) is 35.2 Å². The number of esters is 1. The van der Waals surface area contributed by atoms with E-state index in [2.05, 4.69) is 4.74 Å². The highest BCUT2D eigenvalue weighted by molar-refractivity contribution is 8.00. The molecule has 9 heteroatoms. The van der Waals surface area contributed by atoms with Crippen LogP contribution in [0.5, 0.6) is 0 Å². The highest BCUT2D eigenvalue weighted by atomic mass is 32.2. The monoisotopic (exact) mass is 312 g/mol. The molecule has 19 heavy (non-hydrogen) atoms. The first kappa shape index (κ1) is 15.9. The van der Waals surface area contributed by atoms with Gasteiger partial charge in [-0.1, -0.05) is 18.2 Å². The molecule has 106 valence electrons. The van der Waals surface area contributed by atoms with Crippen LogP contribution in [0.25, 0.3) is 0 Å². The number of rotatable bonds is 6. The minimum Gasteiger partial charge on any atom is -0.457 e. The number of thioether (sulfide) groups is 1. The Morgan fingerprint density at radius 2 is 1.89 bits per heavy atom. The zero-order chi connectivity index (χ0) is 14.5. The molecule has 0 fully saturated rings. The normalized spacial score (nSPS) is 12.2. The molecule has 0 bridgehead atoms. The van der Waals surface area contributed by atoms with Gasteiger partial charge in [0, 0.05) is 4.90 Å². The van der Waals surface area contributed by atoms with Crippen LogP contribution >= 0.6 is 11.8 Å². The number of alkyl halides is 2. The summed E-state index contributed by atoms with van der Waals surface area (Å²) in [6.07, 6.45) is 0. The van der Waals surface area contributed by atoms with Gasteiger partial charge in [0.15, 0.2) is 6.61 Å². The fourth-order valence-corrected chi connectivity index (χ4v) is 1.86. The van der Waals surface area contributed by atoms with E-state index in [1.54, 1.807) is 30.3 Å². The lowest BCUT2D eigenvalue weighted by atomic mass is 10.4. The molecule has 0 radical (unpaired) electrons. The Balaban J connectivity index is 2.41. The molecule has 1 aromatic rings. The van der Waals surface area contributed by atoms with Crippen LogP contribution in [-0.2, 0) is 19.6 Å². The summed E-state index contributed by atoms with van der Waals surface area (Å²) in [5, 5.41) is -4.50. The van der Waals surface area contributed by atoms with Gasteiger partial charge >= 0.3 is 21.3 Å². The van der Waals surface area contributed by atoms with E-state index in [4.69, 9.17) is 4.55 Å². The minimum absolute atomic E-state index is 0.244. The Bertz CT molecular complexity index is 530. The van der Waals surface area contributed by atoms with Crippen molar-refractivity contribution in [3.8, 4) is 0 Å². The van der Waals surface area contributed by atoms with Crippen molar-refractivity contribution in [1.82, 2.24) is 0 Å². The molecule has 0 heterocycles. The molecule has 0 unspecified atom stereocenters. The van der Waals surface area contributed by atoms with Crippen molar-refractivity contribution in [2.45, 2.75) is 10.2 Å². The van der Waals surface area contributed by atoms with Crippen LogP contribution in [-0.4, -0.2) is 36.6 Å². The average molecular weight is 312 g/mol. The number of ether oxygens (including phenoxy) is 1. The smallest absolute Gasteiger partial charge is 0.402 e. The summed E-state index contributed by atoms with van der Waals surface area (Å²) >= 11 is 1.06. The van der Waals surface area contributed by atoms with Gasteiger partial charge in [-0.2, -0.15) is 17.2 Å². The van der Waals surface area contributed by atoms with Gasteiger partial charge in [-0.3, -0.25) is 9.35 Å². The van der Waals surface area contributed by atoms with Gasteiger partial charge in [0.2, 0.25) is 0 Å². The molecule has 0 atom stereocenters. The second-order valence-electron chi connectivity index (χ2n) is 3.37. The molecule has 0 aromatic heterocycles. The van der Waals surface area contributed by atoms with E-state index in [9.17, 15) is 22.0 Å². The van der Waals surface area contributed by atoms with E-state index in [1.165, 1.54) is 0 Å². The zero-order valence-electron chi connectivity index (χ0n) is 9.45. The van der Waals surface area contributed by atoms with E-state index in [0.29, 0.717) is 0 Å². The van der Waals surface area contributed by atoms with Gasteiger partial charge in [0.05, 0.1) is 5.75 Å². The Hall–Kier alpha value is -1.19. The maximum Gasteiger partial charge on any atom is 0.402 e. The Morgan fingerprint density at radius 1 is 1.32 bits per heavy atom. The van der Waals surface area contributed by atoms with Gasteiger partial charge in [0.25, 0.3) is 0 Å². The molecule has 0 saturated heterocycles. The van der Waals surface area contributed by atoms with E-state index in [1.807, 2.05) is 0 Å². The average Bonchev–Trinajstić information content (AvgIpc) is 2.34. The number of halogens is 2. The van der Waals surface area contributed by atoms with E-state index >= 15 is 0 Å². The number of carbonyl (C=O) groups excluding carboxylic acids is 1. The predicted molar refractivity (Wildman–Crippen MR) is 64.6 cm³/mol. The quantitative estimate of drug-likeness (QED) is 0.490. The molecular weight excluding hydrogens is 302 g/mol. The summed E-state index contributed by atoms with van der Waals surface area (Å²) in [4.78, 5) is 11.9. The molecular formula is C10H10F2O5S2. The summed E-state index contributed by atoms with van der Waals surface area (Å²) in [5.41, 5.74) is 0. The van der Waals surface area contributed by atoms with Crippen LogP contribution in [0.1, 0.15) is 0 Å². The van der Waals surface area contributed by atoms with Crippen molar-refractivity contribution in [3.63, 3.8) is 0 Å². The third-order valence-corrected chi connectivity index (χ3v) is 3.74. The van der Waals surface area contributed by atoms with Crippen LogP contribution in [0.2, 0.25) is 0 Å². The summed E-state index contributed by atoms with van der Waals surface area (Å²) in [6.45, 7) is -1.71. The number of carbonyl (C=O) groups is 1. The number of hydrogen-bond acceptors (Lipinski definition) is 5. The first-order valence-electron chi connectivity index (χ1n) is 4.91. The molecule has 1 rings (SSSR count). The van der Waals surface area contributed by atoms with Gasteiger partial charge < -0.3 is 4.74 Å². The number of benzene rings is 1. The van der Waals surface area contributed by atoms with E-state index in [-0.39, 0.29) is 5.75 Å². The third-order valence-electron chi connectivity index (χ3n) is 1.88. The predicted octanol–water partition coefficient (Wildman–Crippen LogP) is 1.80. The Kier molecular flexibility index (Phi) is 5.27. The summed E-state index contributed by atoms with van der Waals surface area (Å²) in [7, 11) is -5.58. The molecule has 1 N–H and O–H groups in total. The van der Waals surface area contributed by atoms with Crippen molar-refractivity contribution in [2.75, 3.05) is 12.4 Å². The van der Waals surface area contributed by atoms with Gasteiger partial charge in [-0.15, -0.1) is 11.8 Å². The molecule has 0 aliphatic heterocycles. The molecule has 0 amide bonds. The summed E-state index contributed by atoms with van der Waals surface area (Å²) in [5.74, 6) is -1.25. The van der Waals surface area contributed by atoms with E-state index < -0.39 is 27.9 Å². The molecule has 5 nitrogen and oxygen atoms in total. The van der Waals surface area contributed by atoms with E-state index in [0.717, 1.165) is 16.7 Å². The lowest BCUT2D eigenvalue weighted by Crippen LogP contribution is -2.34. The Labute approximate surface area is 112 Å². The highest BCUT2D eigenvalue weighted by Crippen LogP contribution is 2.21. The molecule has 0 saturated carbocycles. The standard InChI is InChI=1S/C10H10F2O5S2/c11-10(12,19(14,15)16)7-17-9(13)6-18-8-4-2-1-3-5-8/h1-5H,6-7H2,(H,14,15,16). The second kappa shape index (κ2) is 6.31. The van der Waals surface area contributed by atoms with Crippen LogP contribution in [0.4, 0.5) is 8.78 Å². The topological polar surface area (TPSA) is 80.7 Å². The zero-order valence-corrected chi connectivity index (χ0v) is 11.1. The summed E-state index contributed by atoms with van der Waals surface area (Å²) in [6, 6.07) is 8.67.